The Bertz CT molecular complexity index is 965. The van der Waals surface area contributed by atoms with Gasteiger partial charge >= 0.3 is 0 Å². The van der Waals surface area contributed by atoms with Gasteiger partial charge in [-0.25, -0.2) is 0 Å². The molecule has 2 amide bonds. The standard InChI is InChI=1S/C20H18N2O3S2/c1-13-10-11-22(14-5-2-3-7-16(14)26-13)20(24)17-8-9-18(27-17)21-19(23)15-6-4-12-25-15/h2-9,12-13H,10-11H2,1H3,(H,21,23). The topological polar surface area (TPSA) is 62.6 Å². The highest BCUT2D eigenvalue weighted by atomic mass is 32.2. The number of amides is 2. The molecule has 2 aromatic heterocycles. The molecule has 0 saturated heterocycles. The third kappa shape index (κ3) is 3.79. The van der Waals surface area contributed by atoms with E-state index in [1.165, 1.54) is 17.6 Å². The van der Waals surface area contributed by atoms with Gasteiger partial charge in [0.05, 0.1) is 21.8 Å². The maximum absolute atomic E-state index is 13.1. The third-order valence-corrected chi connectivity index (χ3v) is 6.51. The van der Waals surface area contributed by atoms with Gasteiger partial charge in [0, 0.05) is 16.7 Å². The number of carbonyl (C=O) groups is 2. The fourth-order valence-corrected chi connectivity index (χ4v) is 4.90. The number of benzene rings is 1. The van der Waals surface area contributed by atoms with Gasteiger partial charge in [0.25, 0.3) is 11.8 Å². The van der Waals surface area contributed by atoms with Crippen LogP contribution in [0, 0.1) is 0 Å². The summed E-state index contributed by atoms with van der Waals surface area (Å²) in [7, 11) is 0. The first-order valence-corrected chi connectivity index (χ1v) is 10.3. The van der Waals surface area contributed by atoms with E-state index in [4.69, 9.17) is 4.42 Å². The van der Waals surface area contributed by atoms with Gasteiger partial charge in [0.2, 0.25) is 0 Å². The number of anilines is 2. The first kappa shape index (κ1) is 17.9. The molecule has 0 aliphatic carbocycles. The molecule has 7 heteroatoms. The number of nitrogens with zero attached hydrogens (tertiary/aromatic N) is 1. The van der Waals surface area contributed by atoms with E-state index in [1.807, 2.05) is 23.1 Å². The second-order valence-electron chi connectivity index (χ2n) is 6.24. The number of thioether (sulfide) groups is 1. The second kappa shape index (κ2) is 7.62. The van der Waals surface area contributed by atoms with Gasteiger partial charge in [0.1, 0.15) is 0 Å². The van der Waals surface area contributed by atoms with Crippen molar-refractivity contribution in [3.8, 4) is 0 Å². The molecule has 0 radical (unpaired) electrons. The Morgan fingerprint density at radius 2 is 2.00 bits per heavy atom. The van der Waals surface area contributed by atoms with Crippen LogP contribution in [0.4, 0.5) is 10.7 Å². The molecule has 1 aliphatic heterocycles. The molecule has 1 N–H and O–H groups in total. The van der Waals surface area contributed by atoms with Crippen molar-refractivity contribution in [1.29, 1.82) is 0 Å². The van der Waals surface area contributed by atoms with Crippen LogP contribution in [-0.2, 0) is 0 Å². The molecule has 1 aliphatic rings. The number of carbonyl (C=O) groups excluding carboxylic acids is 2. The Balaban J connectivity index is 1.55. The summed E-state index contributed by atoms with van der Waals surface area (Å²) >= 11 is 3.07. The molecule has 0 fully saturated rings. The minimum Gasteiger partial charge on any atom is -0.459 e. The maximum Gasteiger partial charge on any atom is 0.291 e. The molecule has 4 rings (SSSR count). The second-order valence-corrected chi connectivity index (χ2v) is 8.80. The first-order valence-electron chi connectivity index (χ1n) is 8.64. The SMILES string of the molecule is CC1CCN(C(=O)c2ccc(NC(=O)c3ccco3)s2)c2ccccc2S1. The van der Waals surface area contributed by atoms with Crippen molar-refractivity contribution in [3.63, 3.8) is 0 Å². The third-order valence-electron chi connectivity index (χ3n) is 4.29. The van der Waals surface area contributed by atoms with Crippen LogP contribution in [0.15, 0.2) is 64.1 Å². The molecular formula is C20H18N2O3S2. The minimum absolute atomic E-state index is 0.0411. The van der Waals surface area contributed by atoms with E-state index < -0.39 is 0 Å². The monoisotopic (exact) mass is 398 g/mol. The number of hydrogen-bond donors (Lipinski definition) is 1. The van der Waals surface area contributed by atoms with Crippen LogP contribution in [0.2, 0.25) is 0 Å². The lowest BCUT2D eigenvalue weighted by Crippen LogP contribution is -2.31. The van der Waals surface area contributed by atoms with Gasteiger partial charge in [-0.05, 0) is 42.8 Å². The molecule has 1 unspecified atom stereocenters. The zero-order valence-corrected chi connectivity index (χ0v) is 16.3. The number of nitrogens with one attached hydrogen (secondary N) is 1. The van der Waals surface area contributed by atoms with Crippen molar-refractivity contribution in [2.45, 2.75) is 23.5 Å². The van der Waals surface area contributed by atoms with Gasteiger partial charge in [-0.2, -0.15) is 0 Å². The normalized spacial score (nSPS) is 16.5. The Hall–Kier alpha value is -2.51. The summed E-state index contributed by atoms with van der Waals surface area (Å²) < 4.78 is 5.10. The summed E-state index contributed by atoms with van der Waals surface area (Å²) in [5, 5.41) is 3.84. The average molecular weight is 399 g/mol. The lowest BCUT2D eigenvalue weighted by Gasteiger charge is -2.21. The van der Waals surface area contributed by atoms with Crippen molar-refractivity contribution in [3.05, 3.63) is 65.4 Å². The average Bonchev–Trinajstić information content (AvgIpc) is 3.32. The fourth-order valence-electron chi connectivity index (χ4n) is 2.93. The molecule has 0 bridgehead atoms. The maximum atomic E-state index is 13.1. The molecule has 0 spiro atoms. The van der Waals surface area contributed by atoms with Gasteiger partial charge in [-0.3, -0.25) is 9.59 Å². The lowest BCUT2D eigenvalue weighted by atomic mass is 10.2. The number of rotatable bonds is 3. The van der Waals surface area contributed by atoms with Gasteiger partial charge in [-0.1, -0.05) is 19.1 Å². The van der Waals surface area contributed by atoms with Crippen LogP contribution in [0.25, 0.3) is 0 Å². The molecule has 1 atom stereocenters. The highest BCUT2D eigenvalue weighted by Crippen LogP contribution is 2.38. The minimum atomic E-state index is -0.328. The zero-order valence-electron chi connectivity index (χ0n) is 14.7. The molecule has 1 aromatic carbocycles. The van der Waals surface area contributed by atoms with E-state index >= 15 is 0 Å². The number of hydrogen-bond acceptors (Lipinski definition) is 5. The van der Waals surface area contributed by atoms with Gasteiger partial charge in [0.15, 0.2) is 5.76 Å². The first-order chi connectivity index (χ1) is 13.1. The summed E-state index contributed by atoms with van der Waals surface area (Å²) in [6.07, 6.45) is 2.38. The van der Waals surface area contributed by atoms with Crippen LogP contribution in [0.1, 0.15) is 33.6 Å². The predicted octanol–water partition coefficient (Wildman–Crippen LogP) is 5.12. The lowest BCUT2D eigenvalue weighted by molar-refractivity contribution is 0.0985. The highest BCUT2D eigenvalue weighted by Gasteiger charge is 2.26. The van der Waals surface area contributed by atoms with E-state index in [9.17, 15) is 9.59 Å². The highest BCUT2D eigenvalue weighted by molar-refractivity contribution is 8.00. The van der Waals surface area contributed by atoms with Crippen molar-refractivity contribution >= 4 is 45.6 Å². The number of fused-ring (bicyclic) bond motifs is 1. The van der Waals surface area contributed by atoms with Crippen LogP contribution in [0.5, 0.6) is 0 Å². The quantitative estimate of drug-likeness (QED) is 0.665. The summed E-state index contributed by atoms with van der Waals surface area (Å²) in [5.74, 6) is -0.129. The predicted molar refractivity (Wildman–Crippen MR) is 109 cm³/mol. The summed E-state index contributed by atoms with van der Waals surface area (Å²) in [5.41, 5.74) is 0.950. The molecule has 5 nitrogen and oxygen atoms in total. The Labute approximate surface area is 165 Å². The van der Waals surface area contributed by atoms with Crippen molar-refractivity contribution in [1.82, 2.24) is 0 Å². The molecule has 3 aromatic rings. The molecule has 0 saturated carbocycles. The zero-order chi connectivity index (χ0) is 18.8. The smallest absolute Gasteiger partial charge is 0.291 e. The van der Waals surface area contributed by atoms with Crippen LogP contribution >= 0.6 is 23.1 Å². The van der Waals surface area contributed by atoms with E-state index in [0.29, 0.717) is 21.7 Å². The molecule has 27 heavy (non-hydrogen) atoms. The Kier molecular flexibility index (Phi) is 5.05. The van der Waals surface area contributed by atoms with E-state index in [0.717, 1.165) is 17.0 Å². The largest absolute Gasteiger partial charge is 0.459 e. The van der Waals surface area contributed by atoms with E-state index in [1.54, 1.807) is 36.0 Å². The molecular weight excluding hydrogens is 380 g/mol. The van der Waals surface area contributed by atoms with Crippen molar-refractivity contribution < 1.29 is 14.0 Å². The van der Waals surface area contributed by atoms with Crippen LogP contribution < -0.4 is 10.2 Å². The van der Waals surface area contributed by atoms with Crippen LogP contribution in [0.3, 0.4) is 0 Å². The van der Waals surface area contributed by atoms with Crippen LogP contribution in [-0.4, -0.2) is 23.6 Å². The summed E-state index contributed by atoms with van der Waals surface area (Å²) in [6.45, 7) is 2.86. The van der Waals surface area contributed by atoms with Crippen molar-refractivity contribution in [2.24, 2.45) is 0 Å². The number of thiophene rings is 1. The van der Waals surface area contributed by atoms with E-state index in [2.05, 4.69) is 18.3 Å². The fraction of sp³-hybridized carbons (Fsp3) is 0.200. The van der Waals surface area contributed by atoms with Gasteiger partial charge < -0.3 is 14.6 Å². The van der Waals surface area contributed by atoms with Gasteiger partial charge in [-0.15, -0.1) is 23.1 Å². The molecule has 138 valence electrons. The number of furan rings is 1. The Morgan fingerprint density at radius 3 is 2.81 bits per heavy atom. The molecule has 3 heterocycles. The Morgan fingerprint density at radius 1 is 1.15 bits per heavy atom. The summed E-state index contributed by atoms with van der Waals surface area (Å²) in [4.78, 5) is 28.8. The van der Waals surface area contributed by atoms with Crippen molar-refractivity contribution in [2.75, 3.05) is 16.8 Å². The number of para-hydroxylation sites is 1. The van der Waals surface area contributed by atoms with E-state index in [-0.39, 0.29) is 17.6 Å². The summed E-state index contributed by atoms with van der Waals surface area (Å²) in [6, 6.07) is 14.8.